The molecule has 3 atom stereocenters. The van der Waals surface area contributed by atoms with Crippen molar-refractivity contribution in [2.75, 3.05) is 12.3 Å². The number of nitrogens with one attached hydrogen (secondary N) is 2. The zero-order valence-corrected chi connectivity index (χ0v) is 27.4. The standard InChI is InChI=1S/C33H44N4O6S/c1-8-22-14-16-24(17-15-22)27(37(19-18-34)29(39)26(21-44)36-31(41)43-33(5,6)7)28(38)35-25(30(40)42-32(2,3)4)20-23-12-10-9-11-13-23/h9-17,25-27,44H,8,19-21H2,1-7H3,(H,35,38)(H,36,41). The van der Waals surface area contributed by atoms with Crippen molar-refractivity contribution in [1.82, 2.24) is 15.5 Å². The quantitative estimate of drug-likeness (QED) is 0.179. The molecule has 0 spiro atoms. The maximum absolute atomic E-state index is 14.2. The lowest BCUT2D eigenvalue weighted by Gasteiger charge is -2.33. The lowest BCUT2D eigenvalue weighted by atomic mass is 9.99. The van der Waals surface area contributed by atoms with Crippen molar-refractivity contribution in [3.63, 3.8) is 0 Å². The van der Waals surface area contributed by atoms with E-state index in [9.17, 15) is 24.4 Å². The number of esters is 1. The lowest BCUT2D eigenvalue weighted by Crippen LogP contribution is -2.55. The number of aryl methyl sites for hydroxylation is 1. The molecule has 0 saturated heterocycles. The van der Waals surface area contributed by atoms with Gasteiger partial charge in [0.25, 0.3) is 0 Å². The summed E-state index contributed by atoms with van der Waals surface area (Å²) in [5.41, 5.74) is 0.568. The van der Waals surface area contributed by atoms with Gasteiger partial charge in [0.05, 0.1) is 6.07 Å². The molecular formula is C33H44N4O6S. The Balaban J connectivity index is 2.54. The summed E-state index contributed by atoms with van der Waals surface area (Å²) in [4.78, 5) is 55.0. The van der Waals surface area contributed by atoms with Crippen LogP contribution in [0, 0.1) is 11.3 Å². The van der Waals surface area contributed by atoms with E-state index in [-0.39, 0.29) is 12.2 Å². The Morgan fingerprint density at radius 2 is 1.45 bits per heavy atom. The number of carbonyl (C=O) groups excluding carboxylic acids is 4. The third-order valence-corrected chi connectivity index (χ3v) is 6.62. The van der Waals surface area contributed by atoms with E-state index in [4.69, 9.17) is 9.47 Å². The van der Waals surface area contributed by atoms with Gasteiger partial charge in [0.15, 0.2) is 0 Å². The Labute approximate surface area is 265 Å². The monoisotopic (exact) mass is 624 g/mol. The van der Waals surface area contributed by atoms with E-state index in [2.05, 4.69) is 23.3 Å². The van der Waals surface area contributed by atoms with Crippen molar-refractivity contribution in [2.45, 2.75) is 90.6 Å². The molecule has 0 radical (unpaired) electrons. The van der Waals surface area contributed by atoms with Gasteiger partial charge in [-0.3, -0.25) is 9.59 Å². The Morgan fingerprint density at radius 1 is 0.864 bits per heavy atom. The van der Waals surface area contributed by atoms with E-state index in [1.54, 1.807) is 53.7 Å². The van der Waals surface area contributed by atoms with Crippen LogP contribution in [0.3, 0.4) is 0 Å². The minimum Gasteiger partial charge on any atom is -0.458 e. The second-order valence-corrected chi connectivity index (χ2v) is 12.7. The number of nitriles is 1. The first-order valence-electron chi connectivity index (χ1n) is 14.5. The first-order chi connectivity index (χ1) is 20.6. The molecule has 2 aromatic rings. The molecule has 3 amide bonds. The van der Waals surface area contributed by atoms with Crippen molar-refractivity contribution in [3.8, 4) is 6.07 Å². The normalized spacial score (nSPS) is 13.4. The molecule has 44 heavy (non-hydrogen) atoms. The molecule has 2 rings (SSSR count). The summed E-state index contributed by atoms with van der Waals surface area (Å²) in [7, 11) is 0. The van der Waals surface area contributed by atoms with E-state index in [0.29, 0.717) is 5.56 Å². The molecule has 0 aromatic heterocycles. The lowest BCUT2D eigenvalue weighted by molar-refractivity contribution is -0.159. The number of hydrogen-bond donors (Lipinski definition) is 3. The zero-order valence-electron chi connectivity index (χ0n) is 26.5. The van der Waals surface area contributed by atoms with E-state index >= 15 is 0 Å². The number of carbonyl (C=O) groups is 4. The third-order valence-electron chi connectivity index (χ3n) is 6.25. The number of thiol groups is 1. The van der Waals surface area contributed by atoms with Gasteiger partial charge in [0, 0.05) is 12.2 Å². The molecule has 10 nitrogen and oxygen atoms in total. The van der Waals surface area contributed by atoms with Gasteiger partial charge >= 0.3 is 12.1 Å². The van der Waals surface area contributed by atoms with E-state index in [1.807, 2.05) is 55.5 Å². The molecule has 0 saturated carbocycles. The average Bonchev–Trinajstić information content (AvgIpc) is 2.94. The van der Waals surface area contributed by atoms with Crippen LogP contribution in [0.1, 0.15) is 71.2 Å². The van der Waals surface area contributed by atoms with Crippen LogP contribution in [0.4, 0.5) is 4.79 Å². The molecule has 0 fully saturated rings. The first-order valence-corrected chi connectivity index (χ1v) is 15.2. The van der Waals surface area contributed by atoms with Gasteiger partial charge in [-0.1, -0.05) is 61.5 Å². The van der Waals surface area contributed by atoms with Crippen molar-refractivity contribution >= 4 is 36.5 Å². The summed E-state index contributed by atoms with van der Waals surface area (Å²) < 4.78 is 10.9. The predicted molar refractivity (Wildman–Crippen MR) is 171 cm³/mol. The summed E-state index contributed by atoms with van der Waals surface area (Å²) >= 11 is 4.25. The molecule has 2 N–H and O–H groups in total. The largest absolute Gasteiger partial charge is 0.458 e. The van der Waals surface area contributed by atoms with Gasteiger partial charge < -0.3 is 25.0 Å². The highest BCUT2D eigenvalue weighted by molar-refractivity contribution is 7.80. The number of nitrogens with zero attached hydrogens (tertiary/aromatic N) is 2. The smallest absolute Gasteiger partial charge is 0.408 e. The summed E-state index contributed by atoms with van der Waals surface area (Å²) in [6.45, 7) is 11.7. The Kier molecular flexibility index (Phi) is 13.3. The predicted octanol–water partition coefficient (Wildman–Crippen LogP) is 4.53. The van der Waals surface area contributed by atoms with Crippen LogP contribution in [0.5, 0.6) is 0 Å². The fraction of sp³-hybridized carbons (Fsp3) is 0.485. The Bertz CT molecular complexity index is 1310. The maximum atomic E-state index is 14.2. The molecule has 0 aliphatic heterocycles. The number of alkyl carbamates (subject to hydrolysis) is 1. The second-order valence-electron chi connectivity index (χ2n) is 12.3. The van der Waals surface area contributed by atoms with Gasteiger partial charge in [0.1, 0.15) is 35.9 Å². The molecule has 0 heterocycles. The van der Waals surface area contributed by atoms with Gasteiger partial charge in [0.2, 0.25) is 11.8 Å². The summed E-state index contributed by atoms with van der Waals surface area (Å²) in [5.74, 6) is -2.19. The molecule has 11 heteroatoms. The summed E-state index contributed by atoms with van der Waals surface area (Å²) in [6.07, 6.45) is 0.0364. The van der Waals surface area contributed by atoms with Crippen molar-refractivity contribution in [1.29, 1.82) is 5.26 Å². The van der Waals surface area contributed by atoms with Crippen LogP contribution in [0.15, 0.2) is 54.6 Å². The molecule has 0 aliphatic carbocycles. The van der Waals surface area contributed by atoms with Crippen LogP contribution >= 0.6 is 12.6 Å². The number of benzene rings is 2. The molecule has 238 valence electrons. The molecule has 0 aliphatic rings. The van der Waals surface area contributed by atoms with Gasteiger partial charge in [-0.05, 0) is 64.7 Å². The van der Waals surface area contributed by atoms with E-state index < -0.39 is 59.7 Å². The fourth-order valence-corrected chi connectivity index (χ4v) is 4.53. The van der Waals surface area contributed by atoms with Gasteiger partial charge in [-0.2, -0.15) is 17.9 Å². The highest BCUT2D eigenvalue weighted by Gasteiger charge is 2.38. The minimum absolute atomic E-state index is 0.127. The molecule has 2 aromatic carbocycles. The number of amides is 3. The number of ether oxygens (including phenoxy) is 2. The van der Waals surface area contributed by atoms with Crippen LogP contribution < -0.4 is 10.6 Å². The maximum Gasteiger partial charge on any atom is 0.408 e. The third kappa shape index (κ3) is 11.6. The number of hydrogen-bond acceptors (Lipinski definition) is 8. The fourth-order valence-electron chi connectivity index (χ4n) is 4.28. The summed E-state index contributed by atoms with van der Waals surface area (Å²) in [5, 5.41) is 15.0. The molecule has 0 bridgehead atoms. The SMILES string of the molecule is CCc1ccc(C(C(=O)NC(Cc2ccccc2)C(=O)OC(C)(C)C)N(CC#N)C(=O)C(CS)NC(=O)OC(C)(C)C)cc1. The second kappa shape index (κ2) is 16.1. The van der Waals surface area contributed by atoms with Crippen LogP contribution in [0.2, 0.25) is 0 Å². The van der Waals surface area contributed by atoms with Crippen LogP contribution in [0.25, 0.3) is 0 Å². The van der Waals surface area contributed by atoms with Crippen molar-refractivity contribution < 1.29 is 28.7 Å². The van der Waals surface area contributed by atoms with E-state index in [1.165, 1.54) is 0 Å². The first kappa shape index (κ1) is 36.2. The van der Waals surface area contributed by atoms with E-state index in [0.717, 1.165) is 22.4 Å². The van der Waals surface area contributed by atoms with Crippen molar-refractivity contribution in [2.24, 2.45) is 0 Å². The molecular weight excluding hydrogens is 580 g/mol. The van der Waals surface area contributed by atoms with Gasteiger partial charge in [-0.25, -0.2) is 9.59 Å². The highest BCUT2D eigenvalue weighted by Crippen LogP contribution is 2.24. The van der Waals surface area contributed by atoms with Crippen LogP contribution in [-0.4, -0.2) is 64.4 Å². The zero-order chi connectivity index (χ0) is 33.1. The van der Waals surface area contributed by atoms with Crippen LogP contribution in [-0.2, 0) is 36.7 Å². The minimum atomic E-state index is -1.32. The Morgan fingerprint density at radius 3 is 1.95 bits per heavy atom. The average molecular weight is 625 g/mol. The Hall–Kier alpha value is -4.04. The topological polar surface area (TPSA) is 138 Å². The summed E-state index contributed by atoms with van der Waals surface area (Å²) in [6, 6.07) is 14.5. The number of rotatable bonds is 12. The van der Waals surface area contributed by atoms with Gasteiger partial charge in [-0.15, -0.1) is 0 Å². The van der Waals surface area contributed by atoms with Crippen molar-refractivity contribution in [3.05, 3.63) is 71.3 Å². The highest BCUT2D eigenvalue weighted by atomic mass is 32.1. The molecule has 3 unspecified atom stereocenters.